The lowest BCUT2D eigenvalue weighted by Gasteiger charge is -2.34. The van der Waals surface area contributed by atoms with Crippen LogP contribution in [0.3, 0.4) is 0 Å². The number of aromatic nitrogens is 3. The largest absolute Gasteiger partial charge is 0.497 e. The van der Waals surface area contributed by atoms with Crippen molar-refractivity contribution in [2.75, 3.05) is 59.5 Å². The number of allylic oxidation sites excluding steroid dienone is 1. The van der Waals surface area contributed by atoms with E-state index in [2.05, 4.69) is 28.5 Å². The Kier molecular flexibility index (Phi) is 13.3. The number of benzene rings is 3. The van der Waals surface area contributed by atoms with Crippen molar-refractivity contribution in [3.8, 4) is 23.0 Å². The van der Waals surface area contributed by atoms with E-state index in [9.17, 15) is 9.59 Å². The maximum atomic E-state index is 13.1. The molecule has 0 spiro atoms. The number of para-hydroxylation sites is 1. The number of hydrogen-bond acceptors (Lipinski definition) is 10. The second-order valence-corrected chi connectivity index (χ2v) is 15.3. The van der Waals surface area contributed by atoms with E-state index in [0.29, 0.717) is 62.3 Å². The summed E-state index contributed by atoms with van der Waals surface area (Å²) in [5, 5.41) is 1.00. The van der Waals surface area contributed by atoms with E-state index in [1.165, 1.54) is 4.90 Å². The molecule has 0 N–H and O–H groups in total. The van der Waals surface area contributed by atoms with Crippen LogP contribution in [0.4, 0.5) is 10.6 Å². The molecule has 58 heavy (non-hydrogen) atoms. The standard InChI is InChI=1S/C45H56N6O7/c1-9-10-17-39-47-41-42(51(39)23-14-13-22-48-24-25-49(30-40(48)52)44(53)58-45(2,3)4)35-15-11-12-16-36(35)46-43(41)50(28-31-18-20-33(54-5)26-37(31)56-7)29-32-19-21-34(55-6)27-38(32)57-8/h11-16,18-21,26-27H,9-10,17,22-25,28-30H2,1-8H3/b14-13+. The van der Waals surface area contributed by atoms with Crippen LogP contribution in [0.1, 0.15) is 57.5 Å². The number of hydrogen-bond donors (Lipinski definition) is 0. The number of fused-ring (bicyclic) bond motifs is 3. The minimum absolute atomic E-state index is 0.000849. The number of carbonyl (C=O) groups is 2. The van der Waals surface area contributed by atoms with Gasteiger partial charge in [0, 0.05) is 74.3 Å². The molecule has 0 bridgehead atoms. The number of piperazine rings is 1. The number of aryl methyl sites for hydroxylation is 1. The van der Waals surface area contributed by atoms with Crippen molar-refractivity contribution in [2.45, 2.75) is 72.2 Å². The van der Waals surface area contributed by atoms with Crippen molar-refractivity contribution >= 4 is 39.8 Å². The van der Waals surface area contributed by atoms with Crippen molar-refractivity contribution in [3.05, 3.63) is 89.8 Å². The average Bonchev–Trinajstić information content (AvgIpc) is 3.59. The molecule has 6 rings (SSSR count). The molecule has 13 heteroatoms. The Morgan fingerprint density at radius 1 is 0.828 bits per heavy atom. The number of ether oxygens (including phenoxy) is 5. The van der Waals surface area contributed by atoms with Gasteiger partial charge in [-0.2, -0.15) is 0 Å². The van der Waals surface area contributed by atoms with Crippen molar-refractivity contribution < 1.29 is 33.3 Å². The van der Waals surface area contributed by atoms with Gasteiger partial charge in [-0.1, -0.05) is 43.7 Å². The lowest BCUT2D eigenvalue weighted by molar-refractivity contribution is -0.135. The molecule has 13 nitrogen and oxygen atoms in total. The Bertz CT molecular complexity index is 2200. The summed E-state index contributed by atoms with van der Waals surface area (Å²) in [6, 6.07) is 19.9. The Hall–Kier alpha value is -5.98. The lowest BCUT2D eigenvalue weighted by Crippen LogP contribution is -2.53. The van der Waals surface area contributed by atoms with Crippen molar-refractivity contribution in [1.82, 2.24) is 24.3 Å². The number of methoxy groups -OCH3 is 4. The van der Waals surface area contributed by atoms with E-state index in [1.54, 1.807) is 33.3 Å². The molecule has 5 aromatic rings. The highest BCUT2D eigenvalue weighted by Gasteiger charge is 2.30. The van der Waals surface area contributed by atoms with Crippen LogP contribution < -0.4 is 23.8 Å². The monoisotopic (exact) mass is 792 g/mol. The van der Waals surface area contributed by atoms with Crippen LogP contribution in [0.2, 0.25) is 0 Å². The normalized spacial score (nSPS) is 13.4. The van der Waals surface area contributed by atoms with Crippen molar-refractivity contribution in [2.24, 2.45) is 0 Å². The zero-order valence-electron chi connectivity index (χ0n) is 35.0. The first-order valence-corrected chi connectivity index (χ1v) is 19.8. The van der Waals surface area contributed by atoms with E-state index in [1.807, 2.05) is 81.4 Å². The lowest BCUT2D eigenvalue weighted by atomic mass is 10.1. The van der Waals surface area contributed by atoms with Crippen LogP contribution in [0.15, 0.2) is 72.8 Å². The molecule has 0 radical (unpaired) electrons. The van der Waals surface area contributed by atoms with E-state index in [-0.39, 0.29) is 12.5 Å². The van der Waals surface area contributed by atoms with Crippen molar-refractivity contribution in [3.63, 3.8) is 0 Å². The highest BCUT2D eigenvalue weighted by Crippen LogP contribution is 2.37. The van der Waals surface area contributed by atoms with Gasteiger partial charge in [0.25, 0.3) is 0 Å². The third kappa shape index (κ3) is 9.58. The number of imidazole rings is 1. The number of anilines is 1. The molecule has 1 aliphatic rings. The zero-order valence-corrected chi connectivity index (χ0v) is 35.0. The fraction of sp³-hybridized carbons (Fsp3) is 0.422. The van der Waals surface area contributed by atoms with E-state index >= 15 is 0 Å². The molecule has 1 fully saturated rings. The zero-order chi connectivity index (χ0) is 41.4. The minimum Gasteiger partial charge on any atom is -0.497 e. The summed E-state index contributed by atoms with van der Waals surface area (Å²) in [6.07, 6.45) is 6.44. The molecule has 3 heterocycles. The Labute approximate surface area is 341 Å². The molecular weight excluding hydrogens is 737 g/mol. The van der Waals surface area contributed by atoms with E-state index < -0.39 is 11.7 Å². The van der Waals surface area contributed by atoms with Crippen LogP contribution in [-0.2, 0) is 35.6 Å². The predicted octanol–water partition coefficient (Wildman–Crippen LogP) is 7.80. The summed E-state index contributed by atoms with van der Waals surface area (Å²) in [7, 11) is 6.61. The molecule has 308 valence electrons. The van der Waals surface area contributed by atoms with Gasteiger partial charge in [-0.05, 0) is 57.5 Å². The molecule has 0 atom stereocenters. The van der Waals surface area contributed by atoms with Gasteiger partial charge in [0.05, 0.1) is 39.5 Å². The number of amides is 2. The van der Waals surface area contributed by atoms with Crippen LogP contribution in [-0.4, -0.2) is 96.6 Å². The number of pyridine rings is 1. The summed E-state index contributed by atoms with van der Waals surface area (Å²) in [5.41, 5.74) is 3.92. The second-order valence-electron chi connectivity index (χ2n) is 15.3. The number of unbranched alkanes of at least 4 members (excludes halogenated alkanes) is 1. The average molecular weight is 793 g/mol. The third-order valence-electron chi connectivity index (χ3n) is 10.2. The van der Waals surface area contributed by atoms with Crippen molar-refractivity contribution in [1.29, 1.82) is 0 Å². The topological polar surface area (TPSA) is 121 Å². The molecule has 0 unspecified atom stereocenters. The van der Waals surface area contributed by atoms with Gasteiger partial charge in [0.15, 0.2) is 5.82 Å². The maximum absolute atomic E-state index is 13.1. The summed E-state index contributed by atoms with van der Waals surface area (Å²) >= 11 is 0. The summed E-state index contributed by atoms with van der Waals surface area (Å²) in [6.45, 7) is 10.4. The molecule has 3 aromatic carbocycles. The highest BCUT2D eigenvalue weighted by atomic mass is 16.6. The first-order valence-electron chi connectivity index (χ1n) is 19.8. The van der Waals surface area contributed by atoms with Gasteiger partial charge in [0.2, 0.25) is 5.91 Å². The number of nitrogens with zero attached hydrogens (tertiary/aromatic N) is 6. The minimum atomic E-state index is -0.623. The molecule has 0 saturated carbocycles. The van der Waals surface area contributed by atoms with Gasteiger partial charge < -0.3 is 38.1 Å². The van der Waals surface area contributed by atoms with Crippen LogP contribution in [0, 0.1) is 0 Å². The first kappa shape index (κ1) is 41.6. The molecule has 1 aliphatic heterocycles. The molecular formula is C45H56N6O7. The summed E-state index contributed by atoms with van der Waals surface area (Å²) < 4.78 is 30.6. The molecule has 2 amide bonds. The Morgan fingerprint density at radius 3 is 2.05 bits per heavy atom. The predicted molar refractivity (Wildman–Crippen MR) is 226 cm³/mol. The Morgan fingerprint density at radius 2 is 1.47 bits per heavy atom. The maximum Gasteiger partial charge on any atom is 0.410 e. The second kappa shape index (κ2) is 18.5. The Balaban J connectivity index is 1.39. The fourth-order valence-corrected chi connectivity index (χ4v) is 7.16. The highest BCUT2D eigenvalue weighted by molar-refractivity contribution is 6.07. The summed E-state index contributed by atoms with van der Waals surface area (Å²) in [5.74, 6) is 4.40. The van der Waals surface area contributed by atoms with E-state index in [0.717, 1.165) is 64.0 Å². The third-order valence-corrected chi connectivity index (χ3v) is 10.2. The fourth-order valence-electron chi connectivity index (χ4n) is 7.16. The van der Waals surface area contributed by atoms with Crippen LogP contribution >= 0.6 is 0 Å². The van der Waals surface area contributed by atoms with E-state index in [4.69, 9.17) is 33.7 Å². The molecule has 2 aromatic heterocycles. The van der Waals surface area contributed by atoms with Gasteiger partial charge in [-0.25, -0.2) is 14.8 Å². The van der Waals surface area contributed by atoms with Crippen LogP contribution in [0.25, 0.3) is 21.9 Å². The smallest absolute Gasteiger partial charge is 0.410 e. The quantitative estimate of drug-likeness (QED) is 0.0916. The first-order chi connectivity index (χ1) is 28.0. The summed E-state index contributed by atoms with van der Waals surface area (Å²) in [4.78, 5) is 41.9. The molecule has 0 aliphatic carbocycles. The number of carbonyl (C=O) groups excluding carboxylic acids is 2. The van der Waals surface area contributed by atoms with Gasteiger partial charge in [0.1, 0.15) is 46.5 Å². The van der Waals surface area contributed by atoms with Gasteiger partial charge in [-0.15, -0.1) is 0 Å². The van der Waals surface area contributed by atoms with Gasteiger partial charge >= 0.3 is 6.09 Å². The number of rotatable bonds is 16. The van der Waals surface area contributed by atoms with Gasteiger partial charge in [-0.3, -0.25) is 9.69 Å². The SMILES string of the molecule is CCCCc1nc2c(N(Cc3ccc(OC)cc3OC)Cc3ccc(OC)cc3OC)nc3ccccc3c2n1C/C=C/CN1CCN(C(=O)OC(C)(C)C)CC1=O. The molecule has 1 saturated heterocycles. The van der Waals surface area contributed by atoms with Crippen LogP contribution in [0.5, 0.6) is 23.0 Å².